The molecule has 16 heavy (non-hydrogen) atoms. The molecule has 0 saturated carbocycles. The fourth-order valence-corrected chi connectivity index (χ4v) is 1.79. The molecule has 0 aliphatic rings. The molecule has 0 fully saturated rings. The zero-order valence-corrected chi connectivity index (χ0v) is 10.8. The predicted molar refractivity (Wildman–Crippen MR) is 69.0 cm³/mol. The van der Waals surface area contributed by atoms with Crippen molar-refractivity contribution in [1.82, 2.24) is 10.2 Å². The molecule has 1 rings (SSSR count). The fraction of sp³-hybridized carbons (Fsp3) is 0.417. The molecule has 0 atom stereocenters. The monoisotopic (exact) mass is 238 g/mol. The number of nitrogens with zero attached hydrogens (tertiary/aromatic N) is 1. The zero-order chi connectivity index (χ0) is 12.0. The van der Waals surface area contributed by atoms with Crippen LogP contribution >= 0.6 is 11.8 Å². The summed E-state index contributed by atoms with van der Waals surface area (Å²) in [5.41, 5.74) is 1.26. The Morgan fingerprint density at radius 3 is 2.50 bits per heavy atom. The standard InChI is InChI=1S/C12H18N2OS/c1-13-12(15)14(2)9-8-10-4-6-11(16-3)7-5-10/h4-7H,8-9H2,1-3H3,(H,13,15). The highest BCUT2D eigenvalue weighted by Crippen LogP contribution is 2.15. The van der Waals surface area contributed by atoms with Crippen LogP contribution in [0.4, 0.5) is 4.79 Å². The Hall–Kier alpha value is -1.16. The lowest BCUT2D eigenvalue weighted by Gasteiger charge is -2.16. The quantitative estimate of drug-likeness (QED) is 0.816. The molecule has 0 aliphatic carbocycles. The van der Waals surface area contributed by atoms with Gasteiger partial charge in [-0.3, -0.25) is 0 Å². The minimum Gasteiger partial charge on any atom is -0.341 e. The van der Waals surface area contributed by atoms with Gasteiger partial charge in [0.25, 0.3) is 0 Å². The largest absolute Gasteiger partial charge is 0.341 e. The minimum atomic E-state index is -0.0410. The van der Waals surface area contributed by atoms with E-state index in [9.17, 15) is 4.79 Å². The number of amides is 2. The molecule has 1 aromatic carbocycles. The van der Waals surface area contributed by atoms with Gasteiger partial charge in [0.15, 0.2) is 0 Å². The molecule has 0 unspecified atom stereocenters. The molecule has 3 nitrogen and oxygen atoms in total. The molecule has 0 saturated heterocycles. The molecule has 1 aromatic rings. The van der Waals surface area contributed by atoms with Gasteiger partial charge < -0.3 is 10.2 Å². The molecule has 88 valence electrons. The number of rotatable bonds is 4. The summed E-state index contributed by atoms with van der Waals surface area (Å²) in [5.74, 6) is 0. The van der Waals surface area contributed by atoms with Gasteiger partial charge in [-0.15, -0.1) is 11.8 Å². The second-order valence-corrected chi connectivity index (χ2v) is 4.45. The van der Waals surface area contributed by atoms with E-state index in [0.29, 0.717) is 0 Å². The van der Waals surface area contributed by atoms with E-state index in [1.807, 2.05) is 0 Å². The number of nitrogens with one attached hydrogen (secondary N) is 1. The van der Waals surface area contributed by atoms with E-state index in [1.165, 1.54) is 10.5 Å². The van der Waals surface area contributed by atoms with Gasteiger partial charge >= 0.3 is 6.03 Å². The first kappa shape index (κ1) is 12.9. The van der Waals surface area contributed by atoms with E-state index < -0.39 is 0 Å². The highest BCUT2D eigenvalue weighted by Gasteiger charge is 2.05. The Bertz CT molecular complexity index is 337. The van der Waals surface area contributed by atoms with Crippen LogP contribution in [0.5, 0.6) is 0 Å². The summed E-state index contributed by atoms with van der Waals surface area (Å²) in [6, 6.07) is 8.41. The third-order valence-corrected chi connectivity index (χ3v) is 3.20. The summed E-state index contributed by atoms with van der Waals surface area (Å²) in [4.78, 5) is 14.2. The van der Waals surface area contributed by atoms with Gasteiger partial charge in [0.1, 0.15) is 0 Å². The van der Waals surface area contributed by atoms with E-state index in [-0.39, 0.29) is 6.03 Å². The first-order chi connectivity index (χ1) is 7.67. The van der Waals surface area contributed by atoms with E-state index in [1.54, 1.807) is 30.8 Å². The maximum atomic E-state index is 11.2. The minimum absolute atomic E-state index is 0.0410. The SMILES string of the molecule is CNC(=O)N(C)CCc1ccc(SC)cc1. The molecule has 0 radical (unpaired) electrons. The van der Waals surface area contributed by atoms with Crippen LogP contribution in [0.3, 0.4) is 0 Å². The molecular formula is C12H18N2OS. The number of hydrogen-bond acceptors (Lipinski definition) is 2. The fourth-order valence-electron chi connectivity index (χ4n) is 1.38. The maximum absolute atomic E-state index is 11.2. The number of carbonyl (C=O) groups is 1. The van der Waals surface area contributed by atoms with Crippen LogP contribution in [-0.4, -0.2) is 37.8 Å². The Morgan fingerprint density at radius 2 is 2.00 bits per heavy atom. The van der Waals surface area contributed by atoms with Gasteiger partial charge in [-0.2, -0.15) is 0 Å². The van der Waals surface area contributed by atoms with Crippen LogP contribution in [0.15, 0.2) is 29.2 Å². The third kappa shape index (κ3) is 3.77. The number of benzene rings is 1. The van der Waals surface area contributed by atoms with Crippen LogP contribution in [-0.2, 0) is 6.42 Å². The van der Waals surface area contributed by atoms with Gasteiger partial charge in [-0.1, -0.05) is 12.1 Å². The predicted octanol–water partition coefficient (Wildman–Crippen LogP) is 2.22. The van der Waals surface area contributed by atoms with Gasteiger partial charge in [0.05, 0.1) is 0 Å². The Balaban J connectivity index is 2.45. The second-order valence-electron chi connectivity index (χ2n) is 3.57. The number of likely N-dealkylation sites (N-methyl/N-ethyl adjacent to an activating group) is 1. The van der Waals surface area contributed by atoms with Crippen LogP contribution in [0.2, 0.25) is 0 Å². The van der Waals surface area contributed by atoms with Crippen LogP contribution in [0.25, 0.3) is 0 Å². The van der Waals surface area contributed by atoms with Crippen molar-refractivity contribution in [3.05, 3.63) is 29.8 Å². The van der Waals surface area contributed by atoms with E-state index >= 15 is 0 Å². The maximum Gasteiger partial charge on any atom is 0.316 e. The second kappa shape index (κ2) is 6.43. The van der Waals surface area contributed by atoms with Crippen molar-refractivity contribution < 1.29 is 4.79 Å². The van der Waals surface area contributed by atoms with Crippen molar-refractivity contribution in [2.45, 2.75) is 11.3 Å². The smallest absolute Gasteiger partial charge is 0.316 e. The summed E-state index contributed by atoms with van der Waals surface area (Å²) in [6.07, 6.45) is 2.95. The topological polar surface area (TPSA) is 32.3 Å². The molecule has 1 N–H and O–H groups in total. The van der Waals surface area contributed by atoms with Crippen molar-refractivity contribution >= 4 is 17.8 Å². The summed E-state index contributed by atoms with van der Waals surface area (Å²) in [5, 5.41) is 2.60. The van der Waals surface area contributed by atoms with Crippen LogP contribution in [0.1, 0.15) is 5.56 Å². The van der Waals surface area contributed by atoms with E-state index in [0.717, 1.165) is 13.0 Å². The molecule has 4 heteroatoms. The summed E-state index contributed by atoms with van der Waals surface area (Å²) in [7, 11) is 3.45. The Kier molecular flexibility index (Phi) is 5.19. The number of carbonyl (C=O) groups excluding carboxylic acids is 1. The number of urea groups is 1. The number of thioether (sulfide) groups is 1. The highest BCUT2D eigenvalue weighted by molar-refractivity contribution is 7.98. The van der Waals surface area contributed by atoms with Crippen LogP contribution < -0.4 is 5.32 Å². The van der Waals surface area contributed by atoms with E-state index in [4.69, 9.17) is 0 Å². The average Bonchev–Trinajstić information content (AvgIpc) is 2.35. The Morgan fingerprint density at radius 1 is 1.38 bits per heavy atom. The lowest BCUT2D eigenvalue weighted by molar-refractivity contribution is 0.211. The van der Waals surface area contributed by atoms with Crippen LogP contribution in [0, 0.1) is 0 Å². The molecule has 0 bridgehead atoms. The lowest BCUT2D eigenvalue weighted by Crippen LogP contribution is -2.36. The van der Waals surface area contributed by atoms with Crippen molar-refractivity contribution in [2.24, 2.45) is 0 Å². The summed E-state index contributed by atoms with van der Waals surface area (Å²) < 4.78 is 0. The normalized spacial score (nSPS) is 9.94. The summed E-state index contributed by atoms with van der Waals surface area (Å²) in [6.45, 7) is 0.734. The molecule has 0 aromatic heterocycles. The third-order valence-electron chi connectivity index (χ3n) is 2.46. The van der Waals surface area contributed by atoms with Crippen molar-refractivity contribution in [2.75, 3.05) is 26.9 Å². The van der Waals surface area contributed by atoms with Gasteiger partial charge in [0, 0.05) is 25.5 Å². The van der Waals surface area contributed by atoms with Gasteiger partial charge in [-0.25, -0.2) is 4.79 Å². The van der Waals surface area contributed by atoms with Crippen molar-refractivity contribution in [3.63, 3.8) is 0 Å². The first-order valence-corrected chi connectivity index (χ1v) is 6.45. The lowest BCUT2D eigenvalue weighted by atomic mass is 10.1. The van der Waals surface area contributed by atoms with Gasteiger partial charge in [0.2, 0.25) is 0 Å². The summed E-state index contributed by atoms with van der Waals surface area (Å²) >= 11 is 1.74. The molecule has 0 spiro atoms. The first-order valence-electron chi connectivity index (χ1n) is 5.23. The average molecular weight is 238 g/mol. The molecule has 2 amide bonds. The highest BCUT2D eigenvalue weighted by atomic mass is 32.2. The van der Waals surface area contributed by atoms with E-state index in [2.05, 4.69) is 35.8 Å². The molecule has 0 heterocycles. The van der Waals surface area contributed by atoms with Gasteiger partial charge in [-0.05, 0) is 30.4 Å². The number of hydrogen-bond donors (Lipinski definition) is 1. The molecule has 0 aliphatic heterocycles. The zero-order valence-electron chi connectivity index (χ0n) is 9.99. The Labute approximate surface area is 101 Å². The van der Waals surface area contributed by atoms with Crippen molar-refractivity contribution in [1.29, 1.82) is 0 Å². The molecular weight excluding hydrogens is 220 g/mol. The van der Waals surface area contributed by atoms with Crippen molar-refractivity contribution in [3.8, 4) is 0 Å².